The Balaban J connectivity index is 2.35. The zero-order valence-corrected chi connectivity index (χ0v) is 12.5. The van der Waals surface area contributed by atoms with Crippen molar-refractivity contribution in [2.45, 2.75) is 26.7 Å². The molecule has 0 aliphatic heterocycles. The predicted molar refractivity (Wildman–Crippen MR) is 81.0 cm³/mol. The number of amides is 1. The van der Waals surface area contributed by atoms with Crippen LogP contribution >= 0.6 is 0 Å². The summed E-state index contributed by atoms with van der Waals surface area (Å²) in [5.74, 6) is -0.540. The van der Waals surface area contributed by atoms with Gasteiger partial charge in [-0.25, -0.2) is 4.79 Å². The van der Waals surface area contributed by atoms with Gasteiger partial charge in [-0.1, -0.05) is 13.8 Å². The number of rotatable bonds is 5. The molecule has 0 unspecified atom stereocenters. The quantitative estimate of drug-likeness (QED) is 0.520. The molecule has 1 amide bonds. The number of carbonyl (C=O) groups is 2. The van der Waals surface area contributed by atoms with Gasteiger partial charge in [-0.15, -0.1) is 0 Å². The normalized spacial score (nSPS) is 10.5. The fourth-order valence-corrected chi connectivity index (χ4v) is 1.85. The van der Waals surface area contributed by atoms with Crippen molar-refractivity contribution >= 4 is 22.8 Å². The topological polar surface area (TPSA) is 85.6 Å². The maximum atomic E-state index is 11.9. The summed E-state index contributed by atoms with van der Waals surface area (Å²) in [6.45, 7) is 4.09. The van der Waals surface area contributed by atoms with E-state index in [0.717, 1.165) is 6.42 Å². The van der Waals surface area contributed by atoms with Gasteiger partial charge in [-0.3, -0.25) is 9.59 Å². The summed E-state index contributed by atoms with van der Waals surface area (Å²) in [5.41, 5.74) is -0.502. The molecule has 0 aliphatic rings. The molecule has 0 saturated heterocycles. The molecule has 0 radical (unpaired) electrons. The Bertz CT molecular complexity index is 763. The van der Waals surface area contributed by atoms with E-state index in [1.54, 1.807) is 19.1 Å². The van der Waals surface area contributed by atoms with Gasteiger partial charge in [0.05, 0.1) is 0 Å². The first-order valence-corrected chi connectivity index (χ1v) is 7.12. The van der Waals surface area contributed by atoms with Crippen molar-refractivity contribution in [1.82, 2.24) is 5.32 Å². The Morgan fingerprint density at radius 3 is 2.68 bits per heavy atom. The number of benzene rings is 1. The van der Waals surface area contributed by atoms with Crippen LogP contribution in [-0.4, -0.2) is 18.4 Å². The van der Waals surface area contributed by atoms with Crippen molar-refractivity contribution in [3.8, 4) is 5.75 Å². The second-order valence-electron chi connectivity index (χ2n) is 4.73. The van der Waals surface area contributed by atoms with Gasteiger partial charge in [-0.2, -0.15) is 0 Å². The molecule has 1 N–H and O–H groups in total. The lowest BCUT2D eigenvalue weighted by Gasteiger charge is -2.06. The number of carbonyl (C=O) groups excluding carboxylic acids is 2. The van der Waals surface area contributed by atoms with Crippen molar-refractivity contribution in [2.24, 2.45) is 0 Å². The van der Waals surface area contributed by atoms with Crippen LogP contribution in [0.5, 0.6) is 5.75 Å². The molecule has 116 valence electrons. The molecule has 0 fully saturated rings. The van der Waals surface area contributed by atoms with E-state index in [1.807, 2.05) is 6.92 Å². The van der Waals surface area contributed by atoms with E-state index < -0.39 is 11.5 Å². The highest BCUT2D eigenvalue weighted by Crippen LogP contribution is 2.21. The first-order chi connectivity index (χ1) is 10.5. The van der Waals surface area contributed by atoms with Crippen LogP contribution in [-0.2, 0) is 4.79 Å². The van der Waals surface area contributed by atoms with E-state index >= 15 is 0 Å². The van der Waals surface area contributed by atoms with E-state index in [1.165, 1.54) is 12.1 Å². The van der Waals surface area contributed by atoms with Gasteiger partial charge >= 0.3 is 11.6 Å². The van der Waals surface area contributed by atoms with E-state index in [-0.39, 0.29) is 23.5 Å². The second-order valence-corrected chi connectivity index (χ2v) is 4.73. The van der Waals surface area contributed by atoms with E-state index in [2.05, 4.69) is 5.32 Å². The molecule has 6 heteroatoms. The van der Waals surface area contributed by atoms with Crippen molar-refractivity contribution < 1.29 is 18.7 Å². The van der Waals surface area contributed by atoms with Gasteiger partial charge < -0.3 is 14.5 Å². The number of esters is 1. The average Bonchev–Trinajstić information content (AvgIpc) is 2.51. The maximum absolute atomic E-state index is 11.9. The minimum atomic E-state index is -0.722. The van der Waals surface area contributed by atoms with Crippen LogP contribution in [0.25, 0.3) is 11.0 Å². The summed E-state index contributed by atoms with van der Waals surface area (Å²) >= 11 is 0. The summed E-state index contributed by atoms with van der Waals surface area (Å²) in [6.07, 6.45) is 1.02. The molecule has 1 heterocycles. The smallest absolute Gasteiger partial charge is 0.349 e. The van der Waals surface area contributed by atoms with Gasteiger partial charge in [0, 0.05) is 24.4 Å². The predicted octanol–water partition coefficient (Wildman–Crippen LogP) is 2.25. The van der Waals surface area contributed by atoms with Crippen molar-refractivity contribution in [3.05, 3.63) is 40.2 Å². The van der Waals surface area contributed by atoms with Crippen LogP contribution in [0.2, 0.25) is 0 Å². The van der Waals surface area contributed by atoms with Crippen LogP contribution in [0.3, 0.4) is 0 Å². The molecule has 0 bridgehead atoms. The van der Waals surface area contributed by atoms with Crippen LogP contribution in [0.15, 0.2) is 33.5 Å². The molecule has 0 atom stereocenters. The van der Waals surface area contributed by atoms with E-state index in [9.17, 15) is 14.4 Å². The Morgan fingerprint density at radius 1 is 1.23 bits per heavy atom. The fourth-order valence-electron chi connectivity index (χ4n) is 1.85. The van der Waals surface area contributed by atoms with Crippen LogP contribution in [0.1, 0.15) is 37.0 Å². The largest absolute Gasteiger partial charge is 0.426 e. The van der Waals surface area contributed by atoms with Gasteiger partial charge in [0.2, 0.25) is 0 Å². The number of hydrogen-bond donors (Lipinski definition) is 1. The van der Waals surface area contributed by atoms with Gasteiger partial charge in [-0.05, 0) is 24.6 Å². The monoisotopic (exact) mass is 303 g/mol. The summed E-state index contributed by atoms with van der Waals surface area (Å²) in [7, 11) is 0. The number of ether oxygens (including phenoxy) is 1. The molecule has 2 rings (SSSR count). The molecule has 1 aromatic carbocycles. The molecule has 1 aromatic heterocycles. The highest BCUT2D eigenvalue weighted by molar-refractivity contribution is 5.96. The van der Waals surface area contributed by atoms with Gasteiger partial charge in [0.1, 0.15) is 16.9 Å². The lowest BCUT2D eigenvalue weighted by molar-refractivity contribution is -0.134. The summed E-state index contributed by atoms with van der Waals surface area (Å²) < 4.78 is 10.2. The van der Waals surface area contributed by atoms with Gasteiger partial charge in [0.25, 0.3) is 5.91 Å². The second kappa shape index (κ2) is 6.89. The maximum Gasteiger partial charge on any atom is 0.349 e. The molecule has 0 spiro atoms. The minimum absolute atomic E-state index is 0.0424. The Kier molecular flexibility index (Phi) is 4.93. The molecule has 22 heavy (non-hydrogen) atoms. The van der Waals surface area contributed by atoms with Crippen LogP contribution < -0.4 is 15.7 Å². The fraction of sp³-hybridized carbons (Fsp3) is 0.312. The Morgan fingerprint density at radius 2 is 2.00 bits per heavy atom. The van der Waals surface area contributed by atoms with Crippen LogP contribution in [0, 0.1) is 0 Å². The summed E-state index contributed by atoms with van der Waals surface area (Å²) in [5, 5.41) is 3.21. The standard InChI is InChI=1S/C16H17NO5/c1-3-7-17-15(19)12-8-10-5-6-11(21-14(18)4-2)9-13(10)22-16(12)20/h5-6,8-9H,3-4,7H2,1-2H3,(H,17,19). The highest BCUT2D eigenvalue weighted by Gasteiger charge is 2.13. The summed E-state index contributed by atoms with van der Waals surface area (Å²) in [4.78, 5) is 35.0. The zero-order chi connectivity index (χ0) is 16.1. The molecule has 0 saturated carbocycles. The third-order valence-electron chi connectivity index (χ3n) is 3.01. The third-order valence-corrected chi connectivity index (χ3v) is 3.01. The Labute approximate surface area is 127 Å². The van der Waals surface area contributed by atoms with Crippen molar-refractivity contribution in [3.63, 3.8) is 0 Å². The lowest BCUT2D eigenvalue weighted by atomic mass is 10.1. The SMILES string of the molecule is CCCNC(=O)c1cc2ccc(OC(=O)CC)cc2oc1=O. The first kappa shape index (κ1) is 15.8. The third kappa shape index (κ3) is 3.52. The summed E-state index contributed by atoms with van der Waals surface area (Å²) in [6, 6.07) is 6.15. The van der Waals surface area contributed by atoms with Crippen molar-refractivity contribution in [1.29, 1.82) is 0 Å². The number of hydrogen-bond acceptors (Lipinski definition) is 5. The van der Waals surface area contributed by atoms with E-state index in [0.29, 0.717) is 17.7 Å². The zero-order valence-electron chi connectivity index (χ0n) is 12.5. The van der Waals surface area contributed by atoms with E-state index in [4.69, 9.17) is 9.15 Å². The highest BCUT2D eigenvalue weighted by atomic mass is 16.5. The molecule has 6 nitrogen and oxygen atoms in total. The molecular weight excluding hydrogens is 286 g/mol. The first-order valence-electron chi connectivity index (χ1n) is 7.12. The van der Waals surface area contributed by atoms with Crippen molar-refractivity contribution in [2.75, 3.05) is 6.54 Å². The van der Waals surface area contributed by atoms with Gasteiger partial charge in [0.15, 0.2) is 0 Å². The molecule has 2 aromatic rings. The number of nitrogens with one attached hydrogen (secondary N) is 1. The van der Waals surface area contributed by atoms with Crippen LogP contribution in [0.4, 0.5) is 0 Å². The average molecular weight is 303 g/mol. The molecule has 0 aliphatic carbocycles. The molecular formula is C16H17NO5. The Hall–Kier alpha value is -2.63. The minimum Gasteiger partial charge on any atom is -0.426 e. The lowest BCUT2D eigenvalue weighted by Crippen LogP contribution is -2.28. The number of fused-ring (bicyclic) bond motifs is 1.